The number of carbonyl (C=O) groups is 1. The minimum atomic E-state index is -1.89. The first-order chi connectivity index (χ1) is 15.2. The van der Waals surface area contributed by atoms with E-state index in [1.54, 1.807) is 0 Å². The highest BCUT2D eigenvalue weighted by Crippen LogP contribution is 2.33. The second-order valence-electron chi connectivity index (χ2n) is 7.19. The number of hydrogen-bond acceptors (Lipinski definition) is 10. The molecule has 1 saturated heterocycles. The first-order valence-electron chi connectivity index (χ1n) is 9.35. The molecule has 5 atom stereocenters. The van der Waals surface area contributed by atoms with Gasteiger partial charge in [-0.05, 0) is 24.3 Å². The number of aromatic hydroxyl groups is 2. The largest absolute Gasteiger partial charge is 0.508 e. The fraction of sp³-hybridized carbons (Fsp3) is 0.238. The van der Waals surface area contributed by atoms with Gasteiger partial charge in [0, 0.05) is 23.8 Å². The lowest BCUT2D eigenvalue weighted by Gasteiger charge is -2.38. The predicted octanol–water partition coefficient (Wildman–Crippen LogP) is 0.142. The van der Waals surface area contributed by atoms with E-state index in [0.717, 1.165) is 12.1 Å². The van der Waals surface area contributed by atoms with Gasteiger partial charge in [0.25, 0.3) is 0 Å². The molecular formula is C21H18O11. The Bertz CT molecular complexity index is 1220. The van der Waals surface area contributed by atoms with Crippen molar-refractivity contribution in [3.8, 4) is 28.6 Å². The smallest absolute Gasteiger partial charge is 0.335 e. The summed E-state index contributed by atoms with van der Waals surface area (Å²) >= 11 is 0. The van der Waals surface area contributed by atoms with Gasteiger partial charge in [0.05, 0.1) is 0 Å². The number of ether oxygens (including phenoxy) is 2. The maximum Gasteiger partial charge on any atom is 0.335 e. The van der Waals surface area contributed by atoms with Gasteiger partial charge in [-0.25, -0.2) is 4.79 Å². The third-order valence-corrected chi connectivity index (χ3v) is 5.00. The lowest BCUT2D eigenvalue weighted by atomic mass is 9.99. The number of phenolic OH excluding ortho intramolecular Hbond substituents is 2. The van der Waals surface area contributed by atoms with Gasteiger partial charge in [-0.15, -0.1) is 0 Å². The number of aliphatic carboxylic acids is 1. The third-order valence-electron chi connectivity index (χ3n) is 5.00. The van der Waals surface area contributed by atoms with E-state index in [2.05, 4.69) is 0 Å². The van der Waals surface area contributed by atoms with Gasteiger partial charge in [-0.2, -0.15) is 0 Å². The minimum Gasteiger partial charge on any atom is -0.508 e. The molecule has 0 unspecified atom stereocenters. The molecule has 0 bridgehead atoms. The molecule has 0 spiro atoms. The zero-order chi connectivity index (χ0) is 23.2. The van der Waals surface area contributed by atoms with Crippen LogP contribution in [0.15, 0.2) is 51.7 Å². The number of carboxylic acid groups (broad SMARTS) is 1. The van der Waals surface area contributed by atoms with Crippen molar-refractivity contribution < 1.29 is 49.3 Å². The van der Waals surface area contributed by atoms with Crippen molar-refractivity contribution in [2.75, 3.05) is 0 Å². The fourth-order valence-electron chi connectivity index (χ4n) is 3.36. The quantitative estimate of drug-likeness (QED) is 0.320. The van der Waals surface area contributed by atoms with Gasteiger partial charge in [-0.3, -0.25) is 4.79 Å². The highest BCUT2D eigenvalue weighted by molar-refractivity contribution is 5.86. The Balaban J connectivity index is 1.71. The van der Waals surface area contributed by atoms with Gasteiger partial charge in [-0.1, -0.05) is 0 Å². The summed E-state index contributed by atoms with van der Waals surface area (Å²) in [7, 11) is 0. The van der Waals surface area contributed by atoms with Crippen LogP contribution < -0.4 is 10.2 Å². The van der Waals surface area contributed by atoms with Crippen LogP contribution in [0.1, 0.15) is 0 Å². The number of fused-ring (bicyclic) bond motifs is 1. The highest BCUT2D eigenvalue weighted by atomic mass is 16.7. The molecule has 0 aliphatic carbocycles. The molecule has 0 amide bonds. The summed E-state index contributed by atoms with van der Waals surface area (Å²) in [5.41, 5.74) is -0.173. The molecule has 6 N–H and O–H groups in total. The van der Waals surface area contributed by atoms with Gasteiger partial charge >= 0.3 is 5.97 Å². The minimum absolute atomic E-state index is 0.0169. The van der Waals surface area contributed by atoms with E-state index < -0.39 is 47.9 Å². The number of aliphatic hydroxyl groups is 3. The van der Waals surface area contributed by atoms with Crippen LogP contribution >= 0.6 is 0 Å². The zero-order valence-corrected chi connectivity index (χ0v) is 16.2. The van der Waals surface area contributed by atoms with Crippen molar-refractivity contribution in [3.05, 3.63) is 52.7 Å². The second-order valence-corrected chi connectivity index (χ2v) is 7.19. The highest BCUT2D eigenvalue weighted by Gasteiger charge is 2.48. The summed E-state index contributed by atoms with van der Waals surface area (Å²) in [4.78, 5) is 23.7. The molecule has 3 aromatic rings. The predicted molar refractivity (Wildman–Crippen MR) is 106 cm³/mol. The molecule has 4 rings (SSSR count). The summed E-state index contributed by atoms with van der Waals surface area (Å²) in [6, 6.07) is 9.24. The summed E-state index contributed by atoms with van der Waals surface area (Å²) in [6.07, 6.45) is -9.15. The molecule has 11 heteroatoms. The maximum atomic E-state index is 12.5. The Hall–Kier alpha value is -3.64. The van der Waals surface area contributed by atoms with Crippen LogP contribution in [0.5, 0.6) is 17.2 Å². The number of rotatable bonds is 4. The molecule has 2 aromatic carbocycles. The van der Waals surface area contributed by atoms with E-state index in [9.17, 15) is 35.1 Å². The molecule has 32 heavy (non-hydrogen) atoms. The molecule has 1 aromatic heterocycles. The molecule has 0 saturated carbocycles. The van der Waals surface area contributed by atoms with Crippen LogP contribution in [0.2, 0.25) is 0 Å². The standard InChI is InChI=1S/C21H18O11/c22-9-3-1-8(2-4-9)13-7-12(24)15-11(23)5-10(6-14(15)31-13)30-21-18(27)16(25)17(26)19(32-21)20(28)29/h1-7,16-19,21-23,25-27H,(H,28,29)/t16-,17-,18+,19-,21-/m1/s1. The number of aliphatic hydroxyl groups excluding tert-OH is 3. The first kappa shape index (κ1) is 21.6. The maximum absolute atomic E-state index is 12.5. The molecule has 1 fully saturated rings. The molecule has 168 valence electrons. The Kier molecular flexibility index (Phi) is 5.48. The summed E-state index contributed by atoms with van der Waals surface area (Å²) < 4.78 is 16.1. The van der Waals surface area contributed by atoms with Crippen molar-refractivity contribution in [2.45, 2.75) is 30.7 Å². The topological polar surface area (TPSA) is 187 Å². The Labute approximate surface area is 178 Å². The Morgan fingerprint density at radius 3 is 2.28 bits per heavy atom. The lowest BCUT2D eigenvalue weighted by molar-refractivity contribution is -0.271. The van der Waals surface area contributed by atoms with Crippen LogP contribution in [-0.2, 0) is 9.53 Å². The molecular weight excluding hydrogens is 428 g/mol. The number of carboxylic acids is 1. The molecule has 0 radical (unpaired) electrons. The SMILES string of the molecule is O=C(O)[C@@H]1O[C@@H](Oc2cc(O)c3c(=O)cc(-c4ccc(O)cc4)oc3c2)[C@@H](O)[C@H](O)[C@H]1O. The van der Waals surface area contributed by atoms with E-state index in [1.807, 2.05) is 0 Å². The van der Waals surface area contributed by atoms with E-state index >= 15 is 0 Å². The average Bonchev–Trinajstić information content (AvgIpc) is 2.73. The summed E-state index contributed by atoms with van der Waals surface area (Å²) in [5, 5.41) is 58.5. The molecule has 1 aliphatic rings. The van der Waals surface area contributed by atoms with E-state index in [0.29, 0.717) is 5.56 Å². The van der Waals surface area contributed by atoms with Crippen molar-refractivity contribution in [3.63, 3.8) is 0 Å². The van der Waals surface area contributed by atoms with Crippen LogP contribution in [0.3, 0.4) is 0 Å². The average molecular weight is 446 g/mol. The van der Waals surface area contributed by atoms with Crippen LogP contribution in [0, 0.1) is 0 Å². The number of phenols is 2. The fourth-order valence-corrected chi connectivity index (χ4v) is 3.36. The number of benzene rings is 2. The molecule has 2 heterocycles. The zero-order valence-electron chi connectivity index (χ0n) is 16.2. The Morgan fingerprint density at radius 1 is 0.938 bits per heavy atom. The van der Waals surface area contributed by atoms with Crippen molar-refractivity contribution in [1.82, 2.24) is 0 Å². The number of hydrogen-bond donors (Lipinski definition) is 6. The van der Waals surface area contributed by atoms with Crippen molar-refractivity contribution >= 4 is 16.9 Å². The Morgan fingerprint density at radius 2 is 1.62 bits per heavy atom. The third kappa shape index (κ3) is 3.85. The molecule has 1 aliphatic heterocycles. The van der Waals surface area contributed by atoms with Gasteiger partial charge in [0.1, 0.15) is 52.3 Å². The van der Waals surface area contributed by atoms with E-state index in [4.69, 9.17) is 19.0 Å². The van der Waals surface area contributed by atoms with Crippen molar-refractivity contribution in [2.24, 2.45) is 0 Å². The van der Waals surface area contributed by atoms with E-state index in [1.165, 1.54) is 30.3 Å². The molecule has 11 nitrogen and oxygen atoms in total. The van der Waals surface area contributed by atoms with Gasteiger partial charge in [0.2, 0.25) is 6.29 Å². The lowest BCUT2D eigenvalue weighted by Crippen LogP contribution is -2.61. The normalized spacial score (nSPS) is 25.5. The second kappa shape index (κ2) is 8.13. The monoisotopic (exact) mass is 446 g/mol. The van der Waals surface area contributed by atoms with Crippen LogP contribution in [0.4, 0.5) is 0 Å². The van der Waals surface area contributed by atoms with E-state index in [-0.39, 0.29) is 28.2 Å². The summed E-state index contributed by atoms with van der Waals surface area (Å²) in [5.74, 6) is -2.11. The summed E-state index contributed by atoms with van der Waals surface area (Å²) in [6.45, 7) is 0. The van der Waals surface area contributed by atoms with Crippen molar-refractivity contribution in [1.29, 1.82) is 0 Å². The van der Waals surface area contributed by atoms with Crippen LogP contribution in [-0.4, -0.2) is 67.3 Å². The van der Waals surface area contributed by atoms with Gasteiger partial charge < -0.3 is 44.5 Å². The van der Waals surface area contributed by atoms with Gasteiger partial charge in [0.15, 0.2) is 11.5 Å². The first-order valence-corrected chi connectivity index (χ1v) is 9.35. The van der Waals surface area contributed by atoms with Crippen LogP contribution in [0.25, 0.3) is 22.3 Å².